The maximum absolute atomic E-state index is 4.36. The quantitative estimate of drug-likeness (QED) is 0.815. The van der Waals surface area contributed by atoms with E-state index in [9.17, 15) is 0 Å². The van der Waals surface area contributed by atoms with Gasteiger partial charge in [0.25, 0.3) is 0 Å². The van der Waals surface area contributed by atoms with Crippen LogP contribution in [0.4, 0.5) is 5.82 Å². The van der Waals surface area contributed by atoms with E-state index in [1.165, 1.54) is 6.42 Å². The lowest BCUT2D eigenvalue weighted by molar-refractivity contribution is 0.340. The molecule has 18 heavy (non-hydrogen) atoms. The molecule has 0 amide bonds. The zero-order valence-electron chi connectivity index (χ0n) is 11.9. The van der Waals surface area contributed by atoms with Gasteiger partial charge in [0.2, 0.25) is 0 Å². The molecule has 1 atom stereocenters. The number of aromatic nitrogens is 2. The third-order valence-electron chi connectivity index (χ3n) is 3.50. The number of hydrogen-bond acceptors (Lipinski definition) is 4. The molecule has 0 bridgehead atoms. The Balaban J connectivity index is 1.96. The maximum atomic E-state index is 4.36. The molecule has 0 spiro atoms. The van der Waals surface area contributed by atoms with Crippen LogP contribution in [0.2, 0.25) is 0 Å². The molecule has 0 saturated carbocycles. The normalized spacial score (nSPS) is 20.1. The minimum absolute atomic E-state index is 0.451. The van der Waals surface area contributed by atoms with Crippen molar-refractivity contribution in [1.82, 2.24) is 15.1 Å². The van der Waals surface area contributed by atoms with Crippen LogP contribution in [0.25, 0.3) is 0 Å². The summed E-state index contributed by atoms with van der Waals surface area (Å²) in [7, 11) is 4.28. The smallest absolute Gasteiger partial charge is 0.151 e. The van der Waals surface area contributed by atoms with E-state index in [4.69, 9.17) is 0 Å². The highest BCUT2D eigenvalue weighted by atomic mass is 15.3. The van der Waals surface area contributed by atoms with Crippen LogP contribution in [0, 0.1) is 5.92 Å². The largest absolute Gasteiger partial charge is 0.355 e. The molecule has 1 aromatic rings. The van der Waals surface area contributed by atoms with Crippen molar-refractivity contribution in [1.29, 1.82) is 0 Å². The zero-order valence-corrected chi connectivity index (χ0v) is 11.9. The number of anilines is 1. The average molecular weight is 248 g/mol. The van der Waals surface area contributed by atoms with Crippen molar-refractivity contribution >= 4 is 5.82 Å². The second kappa shape index (κ2) is 5.65. The minimum atomic E-state index is 0.451. The molecule has 1 aliphatic heterocycles. The van der Waals surface area contributed by atoms with E-state index in [1.54, 1.807) is 0 Å². The standard InChI is InChI=1S/C14H24N4/c1-11(2)13-5-6-14(16-15-13)18-8-7-12(10-18)9-17(3)4/h5-6,11-12H,7-10H2,1-4H3/t12-/m1/s1. The summed E-state index contributed by atoms with van der Waals surface area (Å²) in [5.41, 5.74) is 1.07. The minimum Gasteiger partial charge on any atom is -0.355 e. The fourth-order valence-corrected chi connectivity index (χ4v) is 2.52. The molecular weight excluding hydrogens is 224 g/mol. The monoisotopic (exact) mass is 248 g/mol. The first-order valence-electron chi connectivity index (χ1n) is 6.79. The Morgan fingerprint density at radius 3 is 2.67 bits per heavy atom. The van der Waals surface area contributed by atoms with Gasteiger partial charge in [0, 0.05) is 19.6 Å². The van der Waals surface area contributed by atoms with E-state index in [0.29, 0.717) is 5.92 Å². The summed E-state index contributed by atoms with van der Waals surface area (Å²) in [4.78, 5) is 4.62. The van der Waals surface area contributed by atoms with Crippen molar-refractivity contribution < 1.29 is 0 Å². The highest BCUT2D eigenvalue weighted by Gasteiger charge is 2.24. The van der Waals surface area contributed by atoms with Gasteiger partial charge in [-0.3, -0.25) is 0 Å². The molecule has 4 heteroatoms. The first-order chi connectivity index (χ1) is 8.56. The third kappa shape index (κ3) is 3.19. The van der Waals surface area contributed by atoms with E-state index in [-0.39, 0.29) is 0 Å². The van der Waals surface area contributed by atoms with Crippen LogP contribution in [0.15, 0.2) is 12.1 Å². The first kappa shape index (κ1) is 13.3. The van der Waals surface area contributed by atoms with Crippen molar-refractivity contribution in [2.75, 3.05) is 38.6 Å². The summed E-state index contributed by atoms with van der Waals surface area (Å²) in [6.45, 7) is 7.66. The summed E-state index contributed by atoms with van der Waals surface area (Å²) < 4.78 is 0. The van der Waals surface area contributed by atoms with E-state index in [2.05, 4.69) is 60.1 Å². The van der Waals surface area contributed by atoms with Crippen LogP contribution in [0.3, 0.4) is 0 Å². The molecule has 0 N–H and O–H groups in total. The van der Waals surface area contributed by atoms with E-state index in [1.807, 2.05) is 0 Å². The molecule has 2 heterocycles. The van der Waals surface area contributed by atoms with Gasteiger partial charge in [0.05, 0.1) is 5.69 Å². The van der Waals surface area contributed by atoms with Crippen molar-refractivity contribution in [3.05, 3.63) is 17.8 Å². The van der Waals surface area contributed by atoms with Crippen LogP contribution in [0.1, 0.15) is 31.9 Å². The lowest BCUT2D eigenvalue weighted by Gasteiger charge is -2.19. The Bertz CT molecular complexity index is 372. The molecule has 1 fully saturated rings. The van der Waals surface area contributed by atoms with Gasteiger partial charge in [-0.2, -0.15) is 5.10 Å². The predicted molar refractivity (Wildman–Crippen MR) is 75.0 cm³/mol. The van der Waals surface area contributed by atoms with Gasteiger partial charge in [0.1, 0.15) is 0 Å². The summed E-state index contributed by atoms with van der Waals surface area (Å²) in [5, 5.41) is 8.66. The fourth-order valence-electron chi connectivity index (χ4n) is 2.52. The Kier molecular flexibility index (Phi) is 4.17. The summed E-state index contributed by atoms with van der Waals surface area (Å²) >= 11 is 0. The Morgan fingerprint density at radius 2 is 2.11 bits per heavy atom. The van der Waals surface area contributed by atoms with Crippen molar-refractivity contribution in [3.8, 4) is 0 Å². The van der Waals surface area contributed by atoms with Crippen LogP contribution in [-0.2, 0) is 0 Å². The van der Waals surface area contributed by atoms with Crippen LogP contribution in [0.5, 0.6) is 0 Å². The summed E-state index contributed by atoms with van der Waals surface area (Å²) in [6, 6.07) is 4.21. The molecule has 2 rings (SSSR count). The van der Waals surface area contributed by atoms with E-state index < -0.39 is 0 Å². The fraction of sp³-hybridized carbons (Fsp3) is 0.714. The topological polar surface area (TPSA) is 32.3 Å². The second-order valence-corrected chi connectivity index (χ2v) is 5.83. The zero-order chi connectivity index (χ0) is 13.1. The summed E-state index contributed by atoms with van der Waals surface area (Å²) in [5.74, 6) is 2.24. The van der Waals surface area contributed by atoms with Crippen molar-refractivity contribution in [2.45, 2.75) is 26.2 Å². The molecule has 0 unspecified atom stereocenters. The lowest BCUT2D eigenvalue weighted by atomic mass is 10.1. The molecule has 1 aliphatic rings. The molecule has 0 aliphatic carbocycles. The SMILES string of the molecule is CC(C)c1ccc(N2CC[C@H](CN(C)C)C2)nn1. The first-order valence-corrected chi connectivity index (χ1v) is 6.79. The van der Waals surface area contributed by atoms with Gasteiger partial charge in [0.15, 0.2) is 5.82 Å². The van der Waals surface area contributed by atoms with Gasteiger partial charge in [-0.15, -0.1) is 5.10 Å². The molecule has 0 aromatic carbocycles. The highest BCUT2D eigenvalue weighted by molar-refractivity contribution is 5.38. The lowest BCUT2D eigenvalue weighted by Crippen LogP contribution is -2.26. The van der Waals surface area contributed by atoms with Crippen LogP contribution >= 0.6 is 0 Å². The Hall–Kier alpha value is -1.16. The van der Waals surface area contributed by atoms with Crippen molar-refractivity contribution in [3.63, 3.8) is 0 Å². The molecule has 100 valence electrons. The van der Waals surface area contributed by atoms with Crippen molar-refractivity contribution in [2.24, 2.45) is 5.92 Å². The third-order valence-corrected chi connectivity index (χ3v) is 3.50. The average Bonchev–Trinajstić information content (AvgIpc) is 2.76. The number of rotatable bonds is 4. The molecule has 1 saturated heterocycles. The summed E-state index contributed by atoms with van der Waals surface area (Å²) in [6.07, 6.45) is 1.26. The van der Waals surface area contributed by atoms with Crippen LogP contribution < -0.4 is 4.90 Å². The Morgan fingerprint density at radius 1 is 1.33 bits per heavy atom. The second-order valence-electron chi connectivity index (χ2n) is 5.83. The van der Waals surface area contributed by atoms with Gasteiger partial charge in [-0.25, -0.2) is 0 Å². The van der Waals surface area contributed by atoms with E-state index >= 15 is 0 Å². The van der Waals surface area contributed by atoms with E-state index in [0.717, 1.165) is 37.1 Å². The molecule has 0 radical (unpaired) electrons. The van der Waals surface area contributed by atoms with Gasteiger partial charge >= 0.3 is 0 Å². The maximum Gasteiger partial charge on any atom is 0.151 e. The molecular formula is C14H24N4. The predicted octanol–water partition coefficient (Wildman–Crippen LogP) is 1.99. The Labute approximate surface area is 110 Å². The van der Waals surface area contributed by atoms with Gasteiger partial charge in [-0.1, -0.05) is 13.8 Å². The molecule has 1 aromatic heterocycles. The molecule has 4 nitrogen and oxygen atoms in total. The van der Waals surface area contributed by atoms with Crippen LogP contribution in [-0.4, -0.2) is 48.8 Å². The van der Waals surface area contributed by atoms with Gasteiger partial charge < -0.3 is 9.80 Å². The highest BCUT2D eigenvalue weighted by Crippen LogP contribution is 2.22. The number of nitrogens with zero attached hydrogens (tertiary/aromatic N) is 4. The number of hydrogen-bond donors (Lipinski definition) is 0. The van der Waals surface area contributed by atoms with Gasteiger partial charge in [-0.05, 0) is 44.5 Å².